The lowest BCUT2D eigenvalue weighted by atomic mass is 10.3. The van der Waals surface area contributed by atoms with Crippen molar-refractivity contribution in [1.82, 2.24) is 9.97 Å². The van der Waals surface area contributed by atoms with Gasteiger partial charge in [-0.15, -0.1) is 0 Å². The first-order chi connectivity index (χ1) is 8.99. The maximum absolute atomic E-state index is 13.4. The minimum absolute atomic E-state index is 0.438. The van der Waals surface area contributed by atoms with Gasteiger partial charge in [-0.3, -0.25) is 10.1 Å². The second-order valence-corrected chi connectivity index (χ2v) is 3.35. The van der Waals surface area contributed by atoms with Crippen molar-refractivity contribution in [2.75, 3.05) is 5.73 Å². The second-order valence-electron chi connectivity index (χ2n) is 3.35. The molecule has 9 heteroatoms. The SMILES string of the molecule is Nc1ncnc(Oc2cc(F)ccc2F)c1[N+](=O)[O-]. The van der Waals surface area contributed by atoms with Gasteiger partial charge in [0.2, 0.25) is 5.82 Å². The molecular weight excluding hydrogens is 262 g/mol. The molecule has 0 radical (unpaired) electrons. The Bertz CT molecular complexity index is 651. The molecule has 2 rings (SSSR count). The lowest BCUT2D eigenvalue weighted by molar-refractivity contribution is -0.385. The molecule has 0 aliphatic carbocycles. The van der Waals surface area contributed by atoms with E-state index in [4.69, 9.17) is 10.5 Å². The van der Waals surface area contributed by atoms with Crippen LogP contribution in [0.1, 0.15) is 0 Å². The first kappa shape index (κ1) is 12.6. The smallest absolute Gasteiger partial charge is 0.372 e. The Balaban J connectivity index is 2.46. The van der Waals surface area contributed by atoms with Crippen LogP contribution in [0, 0.1) is 21.7 Å². The molecule has 1 heterocycles. The number of nitrogen functional groups attached to an aromatic ring is 1. The molecule has 0 atom stereocenters. The number of nitro groups is 1. The summed E-state index contributed by atoms with van der Waals surface area (Å²) in [4.78, 5) is 16.8. The van der Waals surface area contributed by atoms with Crippen LogP contribution in [0.15, 0.2) is 24.5 Å². The topological polar surface area (TPSA) is 104 Å². The zero-order valence-electron chi connectivity index (χ0n) is 9.21. The van der Waals surface area contributed by atoms with Gasteiger partial charge in [0.05, 0.1) is 4.92 Å². The Morgan fingerprint density at radius 1 is 1.32 bits per heavy atom. The van der Waals surface area contributed by atoms with Crippen molar-refractivity contribution in [3.05, 3.63) is 46.3 Å². The van der Waals surface area contributed by atoms with Crippen LogP contribution in [-0.4, -0.2) is 14.9 Å². The third-order valence-corrected chi connectivity index (χ3v) is 2.10. The zero-order chi connectivity index (χ0) is 14.0. The molecule has 0 amide bonds. The van der Waals surface area contributed by atoms with Crippen molar-refractivity contribution in [2.45, 2.75) is 0 Å². The molecular formula is C10H6F2N4O3. The van der Waals surface area contributed by atoms with Gasteiger partial charge >= 0.3 is 11.6 Å². The lowest BCUT2D eigenvalue weighted by Crippen LogP contribution is -2.03. The molecule has 19 heavy (non-hydrogen) atoms. The van der Waals surface area contributed by atoms with E-state index in [1.54, 1.807) is 0 Å². The molecule has 0 saturated carbocycles. The van der Waals surface area contributed by atoms with Crippen LogP contribution in [0.4, 0.5) is 20.3 Å². The number of nitrogens with two attached hydrogens (primary N) is 1. The minimum atomic E-state index is -0.895. The predicted molar refractivity (Wildman–Crippen MR) is 59.5 cm³/mol. The molecule has 1 aromatic carbocycles. The first-order valence-corrected chi connectivity index (χ1v) is 4.87. The number of ether oxygens (including phenoxy) is 1. The van der Waals surface area contributed by atoms with E-state index in [1.165, 1.54) is 0 Å². The van der Waals surface area contributed by atoms with Crippen LogP contribution < -0.4 is 10.5 Å². The van der Waals surface area contributed by atoms with Gasteiger partial charge in [-0.2, -0.15) is 4.98 Å². The van der Waals surface area contributed by atoms with Crippen LogP contribution in [0.3, 0.4) is 0 Å². The van der Waals surface area contributed by atoms with Crippen LogP contribution >= 0.6 is 0 Å². The van der Waals surface area contributed by atoms with E-state index in [0.29, 0.717) is 0 Å². The number of nitrogens with zero attached hydrogens (tertiary/aromatic N) is 3. The summed E-state index contributed by atoms with van der Waals surface area (Å²) >= 11 is 0. The maximum atomic E-state index is 13.4. The quantitative estimate of drug-likeness (QED) is 0.674. The Morgan fingerprint density at radius 3 is 2.74 bits per heavy atom. The van der Waals surface area contributed by atoms with Crippen molar-refractivity contribution < 1.29 is 18.4 Å². The molecule has 0 spiro atoms. The van der Waals surface area contributed by atoms with Gasteiger partial charge in [0.25, 0.3) is 0 Å². The summed E-state index contributed by atoms with van der Waals surface area (Å²) in [5.41, 5.74) is 4.59. The number of benzene rings is 1. The average Bonchev–Trinajstić information content (AvgIpc) is 2.33. The summed E-state index contributed by atoms with van der Waals surface area (Å²) in [6, 6.07) is 2.43. The highest BCUT2D eigenvalue weighted by atomic mass is 19.1. The number of aromatic nitrogens is 2. The molecule has 0 saturated heterocycles. The fourth-order valence-corrected chi connectivity index (χ4v) is 1.28. The molecule has 1 aromatic heterocycles. The summed E-state index contributed by atoms with van der Waals surface area (Å²) < 4.78 is 31.2. The largest absolute Gasteiger partial charge is 0.430 e. The van der Waals surface area contributed by atoms with Gasteiger partial charge in [0, 0.05) is 6.07 Å². The van der Waals surface area contributed by atoms with E-state index in [9.17, 15) is 18.9 Å². The third kappa shape index (κ3) is 2.54. The van der Waals surface area contributed by atoms with Gasteiger partial charge in [-0.25, -0.2) is 13.8 Å². The summed E-state index contributed by atoms with van der Waals surface area (Å²) in [5.74, 6) is -3.20. The highest BCUT2D eigenvalue weighted by Gasteiger charge is 2.24. The van der Waals surface area contributed by atoms with Crippen molar-refractivity contribution in [3.8, 4) is 11.6 Å². The minimum Gasteiger partial charge on any atom is -0.430 e. The van der Waals surface area contributed by atoms with Crippen molar-refractivity contribution >= 4 is 11.5 Å². The fourth-order valence-electron chi connectivity index (χ4n) is 1.28. The number of halogens is 2. The van der Waals surface area contributed by atoms with Gasteiger partial charge < -0.3 is 10.5 Å². The number of hydrogen-bond donors (Lipinski definition) is 1. The lowest BCUT2D eigenvalue weighted by Gasteiger charge is -2.06. The number of anilines is 1. The summed E-state index contributed by atoms with van der Waals surface area (Å²) in [6.45, 7) is 0. The van der Waals surface area contributed by atoms with Gasteiger partial charge in [0.1, 0.15) is 12.1 Å². The molecule has 98 valence electrons. The average molecular weight is 268 g/mol. The predicted octanol–water partition coefficient (Wildman–Crippen LogP) is 2.04. The van der Waals surface area contributed by atoms with E-state index >= 15 is 0 Å². The van der Waals surface area contributed by atoms with Gasteiger partial charge in [-0.1, -0.05) is 0 Å². The summed E-state index contributed by atoms with van der Waals surface area (Å²) in [5, 5.41) is 10.8. The first-order valence-electron chi connectivity index (χ1n) is 4.87. The second kappa shape index (κ2) is 4.80. The highest BCUT2D eigenvalue weighted by molar-refractivity contribution is 5.58. The highest BCUT2D eigenvalue weighted by Crippen LogP contribution is 2.33. The van der Waals surface area contributed by atoms with Crippen LogP contribution in [0.5, 0.6) is 11.6 Å². The number of hydrogen-bond acceptors (Lipinski definition) is 6. The molecule has 0 fully saturated rings. The summed E-state index contributed by atoms with van der Waals surface area (Å²) in [7, 11) is 0. The van der Waals surface area contributed by atoms with E-state index in [1.807, 2.05) is 0 Å². The molecule has 0 bridgehead atoms. The molecule has 2 N–H and O–H groups in total. The Hall–Kier alpha value is -2.84. The van der Waals surface area contributed by atoms with Crippen molar-refractivity contribution in [2.24, 2.45) is 0 Å². The summed E-state index contributed by atoms with van der Waals surface area (Å²) in [6.07, 6.45) is 0.912. The molecule has 2 aromatic rings. The Morgan fingerprint density at radius 2 is 2.05 bits per heavy atom. The number of rotatable bonds is 3. The fraction of sp³-hybridized carbons (Fsp3) is 0. The zero-order valence-corrected chi connectivity index (χ0v) is 9.21. The Labute approximate surface area is 104 Å². The molecule has 0 aliphatic heterocycles. The van der Waals surface area contributed by atoms with Crippen LogP contribution in [0.25, 0.3) is 0 Å². The standard InChI is InChI=1S/C10H6F2N4O3/c11-5-1-2-6(12)7(3-5)19-10-8(16(17)18)9(13)14-4-15-10/h1-4H,(H2,13,14,15). The van der Waals surface area contributed by atoms with Crippen LogP contribution in [-0.2, 0) is 0 Å². The molecule has 0 unspecified atom stereocenters. The molecule has 0 aliphatic rings. The van der Waals surface area contributed by atoms with Crippen molar-refractivity contribution in [3.63, 3.8) is 0 Å². The Kier molecular flexibility index (Phi) is 3.19. The molecule has 7 nitrogen and oxygen atoms in total. The van der Waals surface area contributed by atoms with Crippen LogP contribution in [0.2, 0.25) is 0 Å². The van der Waals surface area contributed by atoms with Crippen molar-refractivity contribution in [1.29, 1.82) is 0 Å². The van der Waals surface area contributed by atoms with E-state index in [0.717, 1.165) is 24.5 Å². The van der Waals surface area contributed by atoms with E-state index in [-0.39, 0.29) is 0 Å². The van der Waals surface area contributed by atoms with E-state index in [2.05, 4.69) is 9.97 Å². The van der Waals surface area contributed by atoms with Gasteiger partial charge in [-0.05, 0) is 12.1 Å². The van der Waals surface area contributed by atoms with Gasteiger partial charge in [0.15, 0.2) is 11.6 Å². The maximum Gasteiger partial charge on any atom is 0.372 e. The normalized spacial score (nSPS) is 10.2. The third-order valence-electron chi connectivity index (χ3n) is 2.10. The monoisotopic (exact) mass is 268 g/mol. The van der Waals surface area contributed by atoms with E-state index < -0.39 is 39.7 Å².